The number of hydrogen-bond acceptors (Lipinski definition) is 2. The summed E-state index contributed by atoms with van der Waals surface area (Å²) in [4.78, 5) is 0. The van der Waals surface area contributed by atoms with Gasteiger partial charge in [0.25, 0.3) is 0 Å². The first-order chi connectivity index (χ1) is 23.7. The maximum absolute atomic E-state index is 10.1. The van der Waals surface area contributed by atoms with E-state index < -0.39 is 8.07 Å². The summed E-state index contributed by atoms with van der Waals surface area (Å²) in [6.07, 6.45) is 0. The van der Waals surface area contributed by atoms with Crippen LogP contribution in [0.3, 0.4) is 0 Å². The molecule has 224 valence electrons. The minimum atomic E-state index is -2.77. The summed E-state index contributed by atoms with van der Waals surface area (Å²) in [5.74, 6) is 0. The lowest BCUT2D eigenvalue weighted by molar-refractivity contribution is 1.18. The lowest BCUT2D eigenvalue weighted by Crippen LogP contribution is -2.74. The van der Waals surface area contributed by atoms with Gasteiger partial charge in [-0.2, -0.15) is 10.5 Å². The number of hydrogen-bond donors (Lipinski definition) is 0. The van der Waals surface area contributed by atoms with Crippen LogP contribution in [0.5, 0.6) is 0 Å². The van der Waals surface area contributed by atoms with E-state index in [-0.39, 0.29) is 0 Å². The van der Waals surface area contributed by atoms with Crippen molar-refractivity contribution in [3.05, 3.63) is 187 Å². The molecule has 0 fully saturated rings. The number of nitrogens with zero attached hydrogens (tertiary/aromatic N) is 3. The van der Waals surface area contributed by atoms with Crippen molar-refractivity contribution in [1.82, 2.24) is 4.57 Å². The normalized spacial score (nSPS) is 11.3. The van der Waals surface area contributed by atoms with Crippen molar-refractivity contribution < 1.29 is 0 Å². The first-order valence-electron chi connectivity index (χ1n) is 16.0. The number of rotatable bonds is 6. The van der Waals surface area contributed by atoms with Gasteiger partial charge in [0.2, 0.25) is 0 Å². The molecule has 3 nitrogen and oxygen atoms in total. The summed E-state index contributed by atoms with van der Waals surface area (Å²) in [5, 5.41) is 27.1. The fraction of sp³-hybridized carbons (Fsp3) is 0. The maximum Gasteiger partial charge on any atom is 0.179 e. The van der Waals surface area contributed by atoms with E-state index in [1.54, 1.807) is 0 Å². The second-order valence-electron chi connectivity index (χ2n) is 12.0. The molecule has 1 heterocycles. The van der Waals surface area contributed by atoms with Crippen molar-refractivity contribution in [2.24, 2.45) is 0 Å². The SMILES string of the molecule is N#Cc1ccc(-n2c3ccccc3c3cc(C#N)ccc32)c(-c2cccc([Si](c3ccccc3)(c3ccccc3)c3ccccc3)c2)c1. The Hall–Kier alpha value is -6.46. The third-order valence-corrected chi connectivity index (χ3v) is 14.2. The van der Waals surface area contributed by atoms with Gasteiger partial charge >= 0.3 is 0 Å². The number of aromatic nitrogens is 1. The van der Waals surface area contributed by atoms with E-state index in [4.69, 9.17) is 0 Å². The molecule has 0 unspecified atom stereocenters. The van der Waals surface area contributed by atoms with Crippen molar-refractivity contribution in [2.45, 2.75) is 0 Å². The highest BCUT2D eigenvalue weighted by atomic mass is 28.3. The zero-order valence-electron chi connectivity index (χ0n) is 26.1. The van der Waals surface area contributed by atoms with Crippen LogP contribution >= 0.6 is 0 Å². The van der Waals surface area contributed by atoms with Crippen LogP contribution in [0.4, 0.5) is 0 Å². The molecule has 0 radical (unpaired) electrons. The van der Waals surface area contributed by atoms with Crippen LogP contribution in [-0.2, 0) is 0 Å². The summed E-state index contributed by atoms with van der Waals surface area (Å²) in [6, 6.07) is 66.5. The molecule has 4 heteroatoms. The number of benzene rings is 7. The molecule has 0 amide bonds. The highest BCUT2D eigenvalue weighted by Crippen LogP contribution is 2.37. The number of para-hydroxylation sites is 1. The van der Waals surface area contributed by atoms with Crippen LogP contribution in [0.2, 0.25) is 0 Å². The second kappa shape index (κ2) is 12.0. The maximum atomic E-state index is 10.1. The molecular weight excluding hydrogens is 599 g/mol. The van der Waals surface area contributed by atoms with E-state index in [9.17, 15) is 10.5 Å². The molecule has 0 saturated heterocycles. The van der Waals surface area contributed by atoms with Gasteiger partial charge in [0, 0.05) is 16.3 Å². The van der Waals surface area contributed by atoms with Crippen molar-refractivity contribution >= 4 is 50.6 Å². The Kier molecular flexibility index (Phi) is 7.27. The summed E-state index contributed by atoms with van der Waals surface area (Å²) in [7, 11) is -2.77. The Morgan fingerprint density at radius 3 is 1.56 bits per heavy atom. The van der Waals surface area contributed by atoms with Gasteiger partial charge in [-0.05, 0) is 68.8 Å². The van der Waals surface area contributed by atoms with Crippen LogP contribution in [0, 0.1) is 22.7 Å². The first kappa shape index (κ1) is 29.0. The smallest absolute Gasteiger partial charge is 0.179 e. The third kappa shape index (κ3) is 4.64. The lowest BCUT2D eigenvalue weighted by atomic mass is 10.0. The average molecular weight is 628 g/mol. The van der Waals surface area contributed by atoms with Gasteiger partial charge in [0.1, 0.15) is 0 Å². The van der Waals surface area contributed by atoms with Crippen molar-refractivity contribution in [3.8, 4) is 29.0 Å². The van der Waals surface area contributed by atoms with Crippen molar-refractivity contribution in [2.75, 3.05) is 0 Å². The van der Waals surface area contributed by atoms with Gasteiger partial charge in [0.05, 0.1) is 40.0 Å². The molecule has 0 spiro atoms. The van der Waals surface area contributed by atoms with E-state index >= 15 is 0 Å². The largest absolute Gasteiger partial charge is 0.309 e. The van der Waals surface area contributed by atoms with Crippen LogP contribution in [-0.4, -0.2) is 12.6 Å². The topological polar surface area (TPSA) is 52.5 Å². The van der Waals surface area contributed by atoms with E-state index in [2.05, 4.69) is 150 Å². The molecule has 0 saturated carbocycles. The minimum absolute atomic E-state index is 0.601. The van der Waals surface area contributed by atoms with E-state index in [1.165, 1.54) is 20.7 Å². The summed E-state index contributed by atoms with van der Waals surface area (Å²) in [5.41, 5.74) is 6.28. The molecule has 8 aromatic rings. The Bertz CT molecular complexity index is 2430. The average Bonchev–Trinajstić information content (AvgIpc) is 3.50. The van der Waals surface area contributed by atoms with Gasteiger partial charge in [0.15, 0.2) is 8.07 Å². The molecule has 48 heavy (non-hydrogen) atoms. The molecule has 0 aliphatic carbocycles. The highest BCUT2D eigenvalue weighted by molar-refractivity contribution is 7.19. The van der Waals surface area contributed by atoms with Gasteiger partial charge in [-0.1, -0.05) is 133 Å². The van der Waals surface area contributed by atoms with Crippen LogP contribution in [0.15, 0.2) is 176 Å². The molecule has 7 aromatic carbocycles. The van der Waals surface area contributed by atoms with E-state index in [1.807, 2.05) is 42.5 Å². The molecule has 0 atom stereocenters. The molecule has 0 aliphatic heterocycles. The number of nitriles is 2. The Labute approximate surface area is 280 Å². The number of fused-ring (bicyclic) bond motifs is 3. The predicted molar refractivity (Wildman–Crippen MR) is 199 cm³/mol. The molecular formula is C44H29N3Si. The van der Waals surface area contributed by atoms with Gasteiger partial charge < -0.3 is 4.57 Å². The second-order valence-corrected chi connectivity index (χ2v) is 15.8. The van der Waals surface area contributed by atoms with Crippen molar-refractivity contribution in [1.29, 1.82) is 10.5 Å². The van der Waals surface area contributed by atoms with E-state index in [0.717, 1.165) is 38.6 Å². The molecule has 0 aliphatic rings. The standard InChI is InChI=1S/C44H29N3Si/c45-30-32-23-25-43(47-42-22-11-10-21-39(42)41-28-33(31-46)24-26-44(41)47)40(27-32)34-13-12-20-38(29-34)48(35-14-4-1-5-15-35,36-16-6-2-7-17-36)37-18-8-3-9-19-37/h1-29H. The molecule has 1 aromatic heterocycles. The fourth-order valence-corrected chi connectivity index (χ4v) is 12.1. The summed E-state index contributed by atoms with van der Waals surface area (Å²) < 4.78 is 2.27. The van der Waals surface area contributed by atoms with Crippen LogP contribution in [0.1, 0.15) is 11.1 Å². The molecule has 8 rings (SSSR count). The fourth-order valence-electron chi connectivity index (χ4n) is 7.32. The van der Waals surface area contributed by atoms with Gasteiger partial charge in [-0.3, -0.25) is 0 Å². The van der Waals surface area contributed by atoms with Crippen LogP contribution in [0.25, 0.3) is 38.6 Å². The Morgan fingerprint density at radius 2 is 0.938 bits per heavy atom. The third-order valence-electron chi connectivity index (χ3n) is 9.40. The Morgan fingerprint density at radius 1 is 0.417 bits per heavy atom. The first-order valence-corrected chi connectivity index (χ1v) is 18.0. The summed E-state index contributed by atoms with van der Waals surface area (Å²) >= 11 is 0. The zero-order valence-corrected chi connectivity index (χ0v) is 27.1. The minimum Gasteiger partial charge on any atom is -0.309 e. The zero-order chi connectivity index (χ0) is 32.5. The molecule has 0 bridgehead atoms. The van der Waals surface area contributed by atoms with Crippen LogP contribution < -0.4 is 20.7 Å². The lowest BCUT2D eigenvalue weighted by Gasteiger charge is -2.34. The van der Waals surface area contributed by atoms with Gasteiger partial charge in [-0.25, -0.2) is 0 Å². The Balaban J connectivity index is 1.44. The van der Waals surface area contributed by atoms with Gasteiger partial charge in [-0.15, -0.1) is 0 Å². The summed E-state index contributed by atoms with van der Waals surface area (Å²) in [6.45, 7) is 0. The van der Waals surface area contributed by atoms with E-state index in [0.29, 0.717) is 11.1 Å². The highest BCUT2D eigenvalue weighted by Gasteiger charge is 2.41. The van der Waals surface area contributed by atoms with Crippen molar-refractivity contribution in [3.63, 3.8) is 0 Å². The molecule has 0 N–H and O–H groups in total. The quantitative estimate of drug-likeness (QED) is 0.141. The monoisotopic (exact) mass is 627 g/mol. The predicted octanol–water partition coefficient (Wildman–Crippen LogP) is 7.57.